The van der Waals surface area contributed by atoms with E-state index in [1.54, 1.807) is 19.9 Å². The molecule has 0 fully saturated rings. The summed E-state index contributed by atoms with van der Waals surface area (Å²) in [5, 5.41) is 13.9. The van der Waals surface area contributed by atoms with Crippen LogP contribution in [0.15, 0.2) is 48.9 Å². The molecule has 0 saturated carbocycles. The maximum absolute atomic E-state index is 14.9. The van der Waals surface area contributed by atoms with Crippen LogP contribution >= 0.6 is 0 Å². The van der Waals surface area contributed by atoms with Crippen molar-refractivity contribution < 1.29 is 18.0 Å². The highest BCUT2D eigenvalue weighted by atomic mass is 19.2. The summed E-state index contributed by atoms with van der Waals surface area (Å²) in [5.74, 6) is -4.28. The first-order valence-electron chi connectivity index (χ1n) is 10.7. The number of pyridine rings is 2. The average molecular weight is 497 g/mol. The molecular formula is C23H22F3N9O. The maximum atomic E-state index is 14.9. The molecule has 0 radical (unpaired) electrons. The first-order chi connectivity index (χ1) is 17.1. The van der Waals surface area contributed by atoms with Crippen molar-refractivity contribution in [1.29, 1.82) is 0 Å². The Morgan fingerprint density at radius 3 is 2.39 bits per heavy atom. The predicted molar refractivity (Wildman–Crippen MR) is 126 cm³/mol. The number of nitrogens with zero attached hydrogens (tertiary/aromatic N) is 5. The van der Waals surface area contributed by atoms with Crippen LogP contribution in [0.2, 0.25) is 0 Å². The normalized spacial score (nSPS) is 12.7. The topological polar surface area (TPSA) is 150 Å². The van der Waals surface area contributed by atoms with E-state index in [0.717, 1.165) is 18.2 Å². The fourth-order valence-corrected chi connectivity index (χ4v) is 3.51. The number of aromatic nitrogens is 5. The summed E-state index contributed by atoms with van der Waals surface area (Å²) in [5.41, 5.74) is 13.1. The number of anilines is 3. The van der Waals surface area contributed by atoms with Crippen LogP contribution in [0.25, 0.3) is 5.69 Å². The number of halogens is 3. The van der Waals surface area contributed by atoms with E-state index in [1.165, 1.54) is 29.5 Å². The smallest absolute Gasteiger partial charge is 0.252 e. The molecule has 36 heavy (non-hydrogen) atoms. The molecular weight excluding hydrogens is 475 g/mol. The Labute approximate surface area is 203 Å². The molecule has 13 heteroatoms. The largest absolute Gasteiger partial charge is 0.365 e. The van der Waals surface area contributed by atoms with Gasteiger partial charge in [0.25, 0.3) is 5.91 Å². The molecule has 0 aliphatic carbocycles. The number of hydrogen-bond donors (Lipinski definition) is 4. The fourth-order valence-electron chi connectivity index (χ4n) is 3.51. The Morgan fingerprint density at radius 1 is 1.03 bits per heavy atom. The van der Waals surface area contributed by atoms with Gasteiger partial charge in [-0.1, -0.05) is 6.07 Å². The van der Waals surface area contributed by atoms with E-state index in [-0.39, 0.29) is 22.8 Å². The number of primary amides is 1. The molecule has 6 N–H and O–H groups in total. The minimum absolute atomic E-state index is 0.0647. The lowest BCUT2D eigenvalue weighted by molar-refractivity contribution is 0.100. The van der Waals surface area contributed by atoms with Gasteiger partial charge < -0.3 is 22.1 Å². The van der Waals surface area contributed by atoms with Gasteiger partial charge in [0.05, 0.1) is 41.6 Å². The molecule has 0 saturated heterocycles. The molecule has 2 atom stereocenters. The summed E-state index contributed by atoms with van der Waals surface area (Å²) in [7, 11) is 0. The highest BCUT2D eigenvalue weighted by molar-refractivity contribution is 5.98. The van der Waals surface area contributed by atoms with Crippen LogP contribution in [0, 0.1) is 24.4 Å². The second-order valence-corrected chi connectivity index (χ2v) is 8.01. The first kappa shape index (κ1) is 24.6. The van der Waals surface area contributed by atoms with Crippen molar-refractivity contribution in [3.63, 3.8) is 0 Å². The number of nitrogens with two attached hydrogens (primary N) is 2. The Bertz CT molecular complexity index is 1410. The summed E-state index contributed by atoms with van der Waals surface area (Å²) >= 11 is 0. The quantitative estimate of drug-likeness (QED) is 0.290. The van der Waals surface area contributed by atoms with Gasteiger partial charge in [-0.05, 0) is 43.7 Å². The van der Waals surface area contributed by atoms with Crippen LogP contribution in [-0.2, 0) is 0 Å². The Balaban J connectivity index is 1.71. The van der Waals surface area contributed by atoms with E-state index in [0.29, 0.717) is 17.1 Å². The van der Waals surface area contributed by atoms with Crippen LogP contribution in [0.1, 0.15) is 34.6 Å². The summed E-state index contributed by atoms with van der Waals surface area (Å²) in [6.45, 7) is 3.37. The van der Waals surface area contributed by atoms with Crippen molar-refractivity contribution in [3.8, 4) is 5.69 Å². The Morgan fingerprint density at radius 2 is 1.75 bits per heavy atom. The molecule has 0 bridgehead atoms. The molecule has 3 aromatic heterocycles. The molecule has 4 aromatic rings. The van der Waals surface area contributed by atoms with Crippen molar-refractivity contribution in [2.45, 2.75) is 25.9 Å². The zero-order valence-corrected chi connectivity index (χ0v) is 19.2. The standard InChI is InChI=1S/C23H22F3N9O/c1-11(27)20(13-3-4-16(24)17(25)7-13)33-23-18(26)9-15(21(28)36)22(34-23)32-14-8-19(12(2)29-10-14)35-30-5-6-31-35/h3-11,20H,27H2,1-2H3,(H2,28,36)(H2,32,33,34)/t11-,20-/m0/s1. The van der Waals surface area contributed by atoms with Gasteiger partial charge in [0.2, 0.25) is 0 Å². The molecule has 0 aliphatic heterocycles. The number of hydrogen-bond acceptors (Lipinski definition) is 8. The van der Waals surface area contributed by atoms with E-state index < -0.39 is 35.4 Å². The summed E-state index contributed by atoms with van der Waals surface area (Å²) in [6, 6.07) is 4.33. The van der Waals surface area contributed by atoms with E-state index in [9.17, 15) is 18.0 Å². The number of carbonyl (C=O) groups is 1. The average Bonchev–Trinajstić information content (AvgIpc) is 3.36. The predicted octanol–water partition coefficient (Wildman–Crippen LogP) is 3.13. The van der Waals surface area contributed by atoms with Gasteiger partial charge in [-0.2, -0.15) is 10.2 Å². The van der Waals surface area contributed by atoms with Gasteiger partial charge in [0.1, 0.15) is 11.5 Å². The zero-order valence-electron chi connectivity index (χ0n) is 19.2. The summed E-state index contributed by atoms with van der Waals surface area (Å²) in [6.07, 6.45) is 4.50. The third-order valence-corrected chi connectivity index (χ3v) is 5.32. The molecule has 186 valence electrons. The highest BCUT2D eigenvalue weighted by Gasteiger charge is 2.23. The third kappa shape index (κ3) is 5.10. The first-order valence-corrected chi connectivity index (χ1v) is 10.7. The second kappa shape index (κ2) is 10.00. The van der Waals surface area contributed by atoms with Crippen LogP contribution in [-0.4, -0.2) is 36.9 Å². The lowest BCUT2D eigenvalue weighted by Crippen LogP contribution is -2.31. The van der Waals surface area contributed by atoms with E-state index in [2.05, 4.69) is 30.8 Å². The fraction of sp³-hybridized carbons (Fsp3) is 0.174. The Hall–Kier alpha value is -4.52. The van der Waals surface area contributed by atoms with E-state index in [4.69, 9.17) is 11.5 Å². The number of amides is 1. The molecule has 10 nitrogen and oxygen atoms in total. The van der Waals surface area contributed by atoms with Crippen LogP contribution in [0.5, 0.6) is 0 Å². The molecule has 0 aliphatic rings. The van der Waals surface area contributed by atoms with Gasteiger partial charge in [0.15, 0.2) is 23.3 Å². The van der Waals surface area contributed by atoms with Crippen LogP contribution in [0.4, 0.5) is 30.5 Å². The molecule has 0 unspecified atom stereocenters. The molecule has 1 aromatic carbocycles. The lowest BCUT2D eigenvalue weighted by atomic mass is 10.0. The van der Waals surface area contributed by atoms with E-state index >= 15 is 0 Å². The van der Waals surface area contributed by atoms with Crippen LogP contribution in [0.3, 0.4) is 0 Å². The summed E-state index contributed by atoms with van der Waals surface area (Å²) in [4.78, 5) is 21.9. The van der Waals surface area contributed by atoms with Crippen LogP contribution < -0.4 is 22.1 Å². The molecule has 1 amide bonds. The minimum Gasteiger partial charge on any atom is -0.365 e. The van der Waals surface area contributed by atoms with Gasteiger partial charge >= 0.3 is 0 Å². The number of nitrogens with one attached hydrogen (secondary N) is 2. The zero-order chi connectivity index (χ0) is 26.0. The number of carbonyl (C=O) groups excluding carboxylic acids is 1. The van der Waals surface area contributed by atoms with Gasteiger partial charge in [-0.15, -0.1) is 4.80 Å². The number of aryl methyl sites for hydroxylation is 1. The third-order valence-electron chi connectivity index (χ3n) is 5.32. The van der Waals surface area contributed by atoms with Crippen molar-refractivity contribution in [1.82, 2.24) is 25.0 Å². The monoisotopic (exact) mass is 497 g/mol. The van der Waals surface area contributed by atoms with Gasteiger partial charge in [0, 0.05) is 6.04 Å². The highest BCUT2D eigenvalue weighted by Crippen LogP contribution is 2.29. The second-order valence-electron chi connectivity index (χ2n) is 8.01. The lowest BCUT2D eigenvalue weighted by Gasteiger charge is -2.24. The summed E-state index contributed by atoms with van der Waals surface area (Å²) < 4.78 is 42.2. The van der Waals surface area contributed by atoms with Crippen molar-refractivity contribution in [3.05, 3.63) is 83.2 Å². The molecule has 0 spiro atoms. The Kier molecular flexibility index (Phi) is 6.83. The molecule has 4 rings (SSSR count). The van der Waals surface area contributed by atoms with E-state index in [1.807, 2.05) is 0 Å². The van der Waals surface area contributed by atoms with Gasteiger partial charge in [-0.25, -0.2) is 18.2 Å². The van der Waals surface area contributed by atoms with Crippen molar-refractivity contribution in [2.24, 2.45) is 11.5 Å². The maximum Gasteiger partial charge on any atom is 0.252 e. The van der Waals surface area contributed by atoms with Crippen molar-refractivity contribution in [2.75, 3.05) is 10.6 Å². The number of benzene rings is 1. The van der Waals surface area contributed by atoms with Crippen molar-refractivity contribution >= 4 is 23.2 Å². The number of rotatable bonds is 8. The minimum atomic E-state index is -1.07. The van der Waals surface area contributed by atoms with Gasteiger partial charge in [-0.3, -0.25) is 9.78 Å². The molecule has 3 heterocycles. The SMILES string of the molecule is Cc1ncc(Nc2nc(N[C@H](c3ccc(F)c(F)c3)[C@H](C)N)c(F)cc2C(N)=O)cc1-n1nccn1.